The first-order valence-corrected chi connectivity index (χ1v) is 11.6. The maximum absolute atomic E-state index is 13.3. The zero-order valence-corrected chi connectivity index (χ0v) is 17.4. The molecule has 0 saturated heterocycles. The van der Waals surface area contributed by atoms with Crippen molar-refractivity contribution in [3.63, 3.8) is 0 Å². The van der Waals surface area contributed by atoms with E-state index in [9.17, 15) is 21.6 Å². The lowest BCUT2D eigenvalue weighted by molar-refractivity contribution is -0.0496. The summed E-state index contributed by atoms with van der Waals surface area (Å²) >= 11 is 3.29. The maximum Gasteiger partial charge on any atom is 0.524 e. The molecule has 0 heterocycles. The molecule has 0 aliphatic carbocycles. The second-order valence-electron chi connectivity index (χ2n) is 5.60. The molecule has 28 heavy (non-hydrogen) atoms. The minimum atomic E-state index is -5.88. The van der Waals surface area contributed by atoms with E-state index in [4.69, 9.17) is 3.63 Å². The third kappa shape index (κ3) is 3.98. The molecule has 0 amide bonds. The van der Waals surface area contributed by atoms with Crippen LogP contribution in [-0.2, 0) is 13.7 Å². The molecule has 3 aromatic carbocycles. The highest BCUT2D eigenvalue weighted by molar-refractivity contribution is 9.10. The van der Waals surface area contributed by atoms with Crippen LogP contribution in [0.3, 0.4) is 0 Å². The molecule has 0 bridgehead atoms. The minimum Gasteiger partial charge on any atom is -0.200 e. The average Bonchev–Trinajstić information content (AvgIpc) is 2.67. The van der Waals surface area contributed by atoms with Gasteiger partial charge >= 0.3 is 15.6 Å². The van der Waals surface area contributed by atoms with Crippen molar-refractivity contribution in [2.45, 2.75) is 20.2 Å². The van der Waals surface area contributed by atoms with E-state index in [1.54, 1.807) is 84.9 Å². The summed E-state index contributed by atoms with van der Waals surface area (Å²) in [5, 5.41) is 0. The van der Waals surface area contributed by atoms with Crippen molar-refractivity contribution >= 4 is 36.4 Å². The standard InChI is InChI=1S/C19H14BrF3O3S2/c20-15-11-13-18(14-12-15)27(16-7-3-1-4-8-16,17-9-5-2-6-10-17)26-28(24,25)19(21,22)23/h1-14H. The van der Waals surface area contributed by atoms with Crippen molar-refractivity contribution in [1.82, 2.24) is 0 Å². The van der Waals surface area contributed by atoms with Crippen molar-refractivity contribution in [2.24, 2.45) is 0 Å². The zero-order valence-electron chi connectivity index (χ0n) is 14.1. The Labute approximate surface area is 170 Å². The predicted molar refractivity (Wildman–Crippen MR) is 105 cm³/mol. The van der Waals surface area contributed by atoms with Gasteiger partial charge in [0, 0.05) is 19.2 Å². The highest BCUT2D eigenvalue weighted by Gasteiger charge is 2.52. The predicted octanol–water partition coefficient (Wildman–Crippen LogP) is 6.51. The molecule has 3 rings (SSSR count). The molecular formula is C19H14BrF3O3S2. The van der Waals surface area contributed by atoms with Crippen molar-refractivity contribution in [1.29, 1.82) is 0 Å². The molecule has 0 fully saturated rings. The molecule has 0 N–H and O–H groups in total. The van der Waals surface area contributed by atoms with E-state index < -0.39 is 25.9 Å². The van der Waals surface area contributed by atoms with E-state index in [2.05, 4.69) is 15.9 Å². The number of halogens is 4. The molecule has 0 atom stereocenters. The van der Waals surface area contributed by atoms with Crippen LogP contribution in [0.15, 0.2) is 104 Å². The third-order valence-corrected chi connectivity index (χ3v) is 9.21. The van der Waals surface area contributed by atoms with E-state index in [0.717, 1.165) is 0 Å². The third-order valence-electron chi connectivity index (χ3n) is 3.77. The Hall–Kier alpha value is -1.81. The zero-order chi connectivity index (χ0) is 20.4. The maximum atomic E-state index is 13.3. The molecular weight excluding hydrogens is 477 g/mol. The van der Waals surface area contributed by atoms with Crippen LogP contribution >= 0.6 is 26.2 Å². The van der Waals surface area contributed by atoms with Gasteiger partial charge < -0.3 is 0 Å². The topological polar surface area (TPSA) is 43.4 Å². The second kappa shape index (κ2) is 7.90. The molecule has 0 aliphatic rings. The highest BCUT2D eigenvalue weighted by Crippen LogP contribution is 2.70. The van der Waals surface area contributed by atoms with Gasteiger partial charge in [0.1, 0.15) is 0 Å². The van der Waals surface area contributed by atoms with Crippen LogP contribution in [0.4, 0.5) is 13.2 Å². The lowest BCUT2D eigenvalue weighted by atomic mass is 10.4. The van der Waals surface area contributed by atoms with Crippen LogP contribution in [0.2, 0.25) is 0 Å². The summed E-state index contributed by atoms with van der Waals surface area (Å²) < 4.78 is 69.8. The van der Waals surface area contributed by atoms with Crippen LogP contribution in [0, 0.1) is 0 Å². The summed E-state index contributed by atoms with van der Waals surface area (Å²) in [7, 11) is -9.10. The van der Waals surface area contributed by atoms with E-state index in [-0.39, 0.29) is 0 Å². The summed E-state index contributed by atoms with van der Waals surface area (Å²) in [6.07, 6.45) is 0. The van der Waals surface area contributed by atoms with Crippen LogP contribution < -0.4 is 0 Å². The van der Waals surface area contributed by atoms with Gasteiger partial charge in [-0.15, -0.1) is 0 Å². The first-order valence-electron chi connectivity index (χ1n) is 7.88. The van der Waals surface area contributed by atoms with Crippen molar-refractivity contribution < 1.29 is 25.2 Å². The van der Waals surface area contributed by atoms with Gasteiger partial charge in [-0.25, -0.2) is 0 Å². The first-order chi connectivity index (χ1) is 13.2. The molecule has 148 valence electrons. The highest BCUT2D eigenvalue weighted by atomic mass is 79.9. The van der Waals surface area contributed by atoms with E-state index in [1.165, 1.54) is 0 Å². The van der Waals surface area contributed by atoms with Crippen molar-refractivity contribution in [3.05, 3.63) is 89.4 Å². The monoisotopic (exact) mass is 490 g/mol. The molecule has 0 aromatic heterocycles. The summed E-state index contributed by atoms with van der Waals surface area (Å²) in [5.41, 5.74) is -5.55. The summed E-state index contributed by atoms with van der Waals surface area (Å²) in [6, 6.07) is 22.5. The molecule has 9 heteroatoms. The largest absolute Gasteiger partial charge is 0.524 e. The quantitative estimate of drug-likeness (QED) is 0.382. The van der Waals surface area contributed by atoms with Gasteiger partial charge in [0.05, 0.1) is 0 Å². The summed E-state index contributed by atoms with van der Waals surface area (Å²) in [5.74, 6) is 0. The fraction of sp³-hybridized carbons (Fsp3) is 0.0526. The fourth-order valence-corrected chi connectivity index (χ4v) is 7.56. The number of hydrogen-bond donors (Lipinski definition) is 0. The Morgan fingerprint density at radius 3 is 1.46 bits per heavy atom. The lowest BCUT2D eigenvalue weighted by Crippen LogP contribution is -2.27. The Kier molecular flexibility index (Phi) is 5.90. The molecule has 0 radical (unpaired) electrons. The number of alkyl halides is 3. The van der Waals surface area contributed by atoms with Crippen LogP contribution in [0.25, 0.3) is 0 Å². The van der Waals surface area contributed by atoms with Crippen molar-refractivity contribution in [2.75, 3.05) is 0 Å². The Balaban J connectivity index is 2.38. The van der Waals surface area contributed by atoms with Crippen LogP contribution in [0.5, 0.6) is 0 Å². The number of benzene rings is 3. The van der Waals surface area contributed by atoms with Gasteiger partial charge in [-0.3, -0.25) is 0 Å². The second-order valence-corrected chi connectivity index (χ2v) is 11.0. The molecule has 0 aliphatic heterocycles. The Morgan fingerprint density at radius 2 is 1.07 bits per heavy atom. The average molecular weight is 491 g/mol. The Bertz CT molecular complexity index is 1000. The molecule has 0 saturated carbocycles. The van der Waals surface area contributed by atoms with Gasteiger partial charge in [0.2, 0.25) is 0 Å². The number of rotatable bonds is 5. The van der Waals surface area contributed by atoms with Crippen molar-refractivity contribution in [3.8, 4) is 0 Å². The van der Waals surface area contributed by atoms with Gasteiger partial charge in [0.25, 0.3) is 0 Å². The summed E-state index contributed by atoms with van der Waals surface area (Å²) in [4.78, 5) is 0.980. The fourth-order valence-electron chi connectivity index (χ4n) is 2.55. The lowest BCUT2D eigenvalue weighted by Gasteiger charge is -2.39. The van der Waals surface area contributed by atoms with E-state index in [0.29, 0.717) is 19.2 Å². The normalized spacial score (nSPS) is 13.3. The first kappa shape index (κ1) is 20.9. The molecule has 0 unspecified atom stereocenters. The van der Waals surface area contributed by atoms with E-state index in [1.807, 2.05) is 0 Å². The van der Waals surface area contributed by atoms with E-state index >= 15 is 0 Å². The molecule has 3 nitrogen and oxygen atoms in total. The van der Waals surface area contributed by atoms with Gasteiger partial charge in [-0.2, -0.15) is 25.2 Å². The van der Waals surface area contributed by atoms with Crippen LogP contribution in [-0.4, -0.2) is 13.9 Å². The summed E-state index contributed by atoms with van der Waals surface area (Å²) in [6.45, 7) is 0. The minimum absolute atomic E-state index is 0.320. The smallest absolute Gasteiger partial charge is 0.200 e. The number of hydrogen-bond acceptors (Lipinski definition) is 3. The molecule has 3 aromatic rings. The van der Waals surface area contributed by atoms with Gasteiger partial charge in [-0.05, 0) is 58.8 Å². The van der Waals surface area contributed by atoms with Gasteiger partial charge in [0.15, 0.2) is 0 Å². The van der Waals surface area contributed by atoms with Crippen LogP contribution in [0.1, 0.15) is 0 Å². The Morgan fingerprint density at radius 1 is 0.679 bits per heavy atom. The SMILES string of the molecule is O=S(=O)(OS(c1ccccc1)(c1ccccc1)c1ccc(Br)cc1)C(F)(F)F. The molecule has 0 spiro atoms. The van der Waals surface area contributed by atoms with Gasteiger partial charge in [-0.1, -0.05) is 52.3 Å².